The number of anilines is 1. The van der Waals surface area contributed by atoms with E-state index in [2.05, 4.69) is 10.5 Å². The zero-order valence-electron chi connectivity index (χ0n) is 14.9. The highest BCUT2D eigenvalue weighted by Crippen LogP contribution is 2.28. The van der Waals surface area contributed by atoms with Gasteiger partial charge in [0.25, 0.3) is 5.91 Å². The van der Waals surface area contributed by atoms with E-state index in [-0.39, 0.29) is 12.5 Å². The van der Waals surface area contributed by atoms with Crippen LogP contribution < -0.4 is 14.8 Å². The van der Waals surface area contributed by atoms with E-state index in [1.165, 1.54) is 6.21 Å². The second-order valence-electron chi connectivity index (χ2n) is 5.75. The van der Waals surface area contributed by atoms with Gasteiger partial charge in [-0.3, -0.25) is 4.79 Å². The standard InChI is InChI=1S/C21H20N2O4/c1-2-26-20-12-15(13-22-25)10-11-19(20)27-14-21(24)23-18-9-5-7-16-6-3-4-8-17(16)18/h3-13,25H,2,14H2,1H3,(H,23,24)/b22-13+. The Morgan fingerprint density at radius 2 is 1.89 bits per heavy atom. The number of hydrogen-bond acceptors (Lipinski definition) is 5. The lowest BCUT2D eigenvalue weighted by Gasteiger charge is -2.13. The Morgan fingerprint density at radius 3 is 2.70 bits per heavy atom. The normalized spacial score (nSPS) is 10.9. The van der Waals surface area contributed by atoms with Crippen molar-refractivity contribution in [3.8, 4) is 11.5 Å². The molecule has 0 saturated heterocycles. The summed E-state index contributed by atoms with van der Waals surface area (Å²) in [6.45, 7) is 2.14. The quantitative estimate of drug-likeness (QED) is 0.376. The lowest BCUT2D eigenvalue weighted by Crippen LogP contribution is -2.20. The second-order valence-corrected chi connectivity index (χ2v) is 5.75. The van der Waals surface area contributed by atoms with Gasteiger partial charge in [0.2, 0.25) is 0 Å². The minimum atomic E-state index is -0.269. The van der Waals surface area contributed by atoms with Gasteiger partial charge in [0.1, 0.15) is 0 Å². The number of amides is 1. The third-order valence-electron chi connectivity index (χ3n) is 3.90. The Hall–Kier alpha value is -3.54. The summed E-state index contributed by atoms with van der Waals surface area (Å²) in [6, 6.07) is 18.6. The molecule has 6 nitrogen and oxygen atoms in total. The Kier molecular flexibility index (Phi) is 5.89. The van der Waals surface area contributed by atoms with Crippen LogP contribution in [0.1, 0.15) is 12.5 Å². The molecule has 0 aromatic heterocycles. The highest BCUT2D eigenvalue weighted by molar-refractivity contribution is 6.02. The maximum absolute atomic E-state index is 12.3. The first-order valence-electron chi connectivity index (χ1n) is 8.56. The molecule has 6 heteroatoms. The summed E-state index contributed by atoms with van der Waals surface area (Å²) >= 11 is 0. The monoisotopic (exact) mass is 364 g/mol. The van der Waals surface area contributed by atoms with E-state index in [1.54, 1.807) is 18.2 Å². The number of oxime groups is 1. The number of rotatable bonds is 7. The molecule has 0 fully saturated rings. The van der Waals surface area contributed by atoms with Crippen molar-refractivity contribution >= 4 is 28.6 Å². The molecule has 0 unspecified atom stereocenters. The molecule has 0 aliphatic heterocycles. The Bertz CT molecular complexity index is 964. The van der Waals surface area contributed by atoms with Gasteiger partial charge in [-0.2, -0.15) is 0 Å². The molecule has 0 radical (unpaired) electrons. The van der Waals surface area contributed by atoms with Gasteiger partial charge < -0.3 is 20.0 Å². The van der Waals surface area contributed by atoms with Crippen LogP contribution in [0.25, 0.3) is 10.8 Å². The predicted molar refractivity (Wildman–Crippen MR) is 105 cm³/mol. The third-order valence-corrected chi connectivity index (χ3v) is 3.90. The van der Waals surface area contributed by atoms with Crippen LogP contribution in [-0.2, 0) is 4.79 Å². The van der Waals surface area contributed by atoms with Gasteiger partial charge in [-0.25, -0.2) is 0 Å². The number of carbonyl (C=O) groups excluding carboxylic acids is 1. The maximum Gasteiger partial charge on any atom is 0.262 e. The number of nitrogens with one attached hydrogen (secondary N) is 1. The van der Waals surface area contributed by atoms with Crippen molar-refractivity contribution in [2.45, 2.75) is 6.92 Å². The third kappa shape index (κ3) is 4.55. The number of ether oxygens (including phenoxy) is 2. The average molecular weight is 364 g/mol. The fourth-order valence-electron chi connectivity index (χ4n) is 2.72. The summed E-state index contributed by atoms with van der Waals surface area (Å²) in [7, 11) is 0. The van der Waals surface area contributed by atoms with E-state index < -0.39 is 0 Å². The number of fused-ring (bicyclic) bond motifs is 1. The van der Waals surface area contributed by atoms with Crippen molar-refractivity contribution in [2.24, 2.45) is 5.16 Å². The summed E-state index contributed by atoms with van der Waals surface area (Å²) in [5, 5.41) is 16.5. The molecule has 0 saturated carbocycles. The summed E-state index contributed by atoms with van der Waals surface area (Å²) in [5.74, 6) is 0.655. The minimum absolute atomic E-state index is 0.156. The van der Waals surface area contributed by atoms with Gasteiger partial charge in [-0.15, -0.1) is 0 Å². The summed E-state index contributed by atoms with van der Waals surface area (Å²) in [6.07, 6.45) is 1.29. The van der Waals surface area contributed by atoms with Gasteiger partial charge in [0.05, 0.1) is 12.8 Å². The number of benzene rings is 3. The van der Waals surface area contributed by atoms with Crippen LogP contribution in [-0.4, -0.2) is 30.5 Å². The molecule has 138 valence electrons. The topological polar surface area (TPSA) is 80.2 Å². The fourth-order valence-corrected chi connectivity index (χ4v) is 2.72. The van der Waals surface area contributed by atoms with E-state index in [9.17, 15) is 4.79 Å². The van der Waals surface area contributed by atoms with Crippen LogP contribution >= 0.6 is 0 Å². The first-order chi connectivity index (χ1) is 13.2. The van der Waals surface area contributed by atoms with Crippen LogP contribution in [0.5, 0.6) is 11.5 Å². The maximum atomic E-state index is 12.3. The Labute approximate surface area is 157 Å². The zero-order chi connectivity index (χ0) is 19.1. The molecule has 0 aliphatic carbocycles. The number of nitrogens with zero attached hydrogens (tertiary/aromatic N) is 1. The SMILES string of the molecule is CCOc1cc(/C=N/O)ccc1OCC(=O)Nc1cccc2ccccc12. The minimum Gasteiger partial charge on any atom is -0.490 e. The molecular weight excluding hydrogens is 344 g/mol. The van der Waals surface area contributed by atoms with Gasteiger partial charge in [-0.05, 0) is 36.6 Å². The zero-order valence-corrected chi connectivity index (χ0v) is 14.9. The molecule has 0 atom stereocenters. The summed E-state index contributed by atoms with van der Waals surface area (Å²) < 4.78 is 11.2. The van der Waals surface area contributed by atoms with Crippen LogP contribution in [0.3, 0.4) is 0 Å². The van der Waals surface area contributed by atoms with Crippen molar-refractivity contribution < 1.29 is 19.5 Å². The molecule has 1 amide bonds. The van der Waals surface area contributed by atoms with Crippen molar-refractivity contribution in [3.63, 3.8) is 0 Å². The molecule has 3 aromatic rings. The fraction of sp³-hybridized carbons (Fsp3) is 0.143. The molecule has 0 spiro atoms. The number of hydrogen-bond donors (Lipinski definition) is 2. The molecule has 27 heavy (non-hydrogen) atoms. The summed E-state index contributed by atoms with van der Waals surface area (Å²) in [5.41, 5.74) is 1.40. The van der Waals surface area contributed by atoms with E-state index >= 15 is 0 Å². The second kappa shape index (κ2) is 8.71. The van der Waals surface area contributed by atoms with E-state index in [0.717, 1.165) is 16.5 Å². The molecule has 0 aliphatic rings. The Morgan fingerprint density at radius 1 is 1.07 bits per heavy atom. The van der Waals surface area contributed by atoms with Gasteiger partial charge >= 0.3 is 0 Å². The van der Waals surface area contributed by atoms with Crippen LogP contribution in [0.4, 0.5) is 5.69 Å². The van der Waals surface area contributed by atoms with E-state index in [1.807, 2.05) is 49.4 Å². The van der Waals surface area contributed by atoms with Gasteiger partial charge in [0.15, 0.2) is 18.1 Å². The highest BCUT2D eigenvalue weighted by atomic mass is 16.5. The predicted octanol–water partition coefficient (Wildman–Crippen LogP) is 4.06. The largest absolute Gasteiger partial charge is 0.490 e. The van der Waals surface area contributed by atoms with Crippen molar-refractivity contribution in [1.29, 1.82) is 0 Å². The van der Waals surface area contributed by atoms with E-state index in [4.69, 9.17) is 14.7 Å². The molecular formula is C21H20N2O4. The van der Waals surface area contributed by atoms with Crippen LogP contribution in [0.15, 0.2) is 65.8 Å². The van der Waals surface area contributed by atoms with Gasteiger partial charge in [-0.1, -0.05) is 41.6 Å². The van der Waals surface area contributed by atoms with Gasteiger partial charge in [0, 0.05) is 16.6 Å². The molecule has 0 heterocycles. The lowest BCUT2D eigenvalue weighted by molar-refractivity contribution is -0.118. The Balaban J connectivity index is 1.70. The van der Waals surface area contributed by atoms with Crippen molar-refractivity contribution in [1.82, 2.24) is 0 Å². The van der Waals surface area contributed by atoms with Crippen molar-refractivity contribution in [3.05, 3.63) is 66.2 Å². The average Bonchev–Trinajstić information content (AvgIpc) is 2.68. The van der Waals surface area contributed by atoms with E-state index in [0.29, 0.717) is 23.7 Å². The molecule has 2 N–H and O–H groups in total. The molecule has 3 rings (SSSR count). The summed E-state index contributed by atoms with van der Waals surface area (Å²) in [4.78, 5) is 12.3. The first-order valence-corrected chi connectivity index (χ1v) is 8.56. The number of carbonyl (C=O) groups is 1. The first kappa shape index (κ1) is 18.3. The smallest absolute Gasteiger partial charge is 0.262 e. The van der Waals surface area contributed by atoms with Crippen LogP contribution in [0.2, 0.25) is 0 Å². The molecule has 0 bridgehead atoms. The van der Waals surface area contributed by atoms with Crippen LogP contribution in [0, 0.1) is 0 Å². The molecule has 3 aromatic carbocycles. The van der Waals surface area contributed by atoms with Crippen molar-refractivity contribution in [2.75, 3.05) is 18.5 Å². The lowest BCUT2D eigenvalue weighted by atomic mass is 10.1. The highest BCUT2D eigenvalue weighted by Gasteiger charge is 2.10.